The van der Waals surface area contributed by atoms with Crippen LogP contribution in [-0.2, 0) is 9.68 Å². The van der Waals surface area contributed by atoms with Crippen molar-refractivity contribution in [3.8, 4) is 0 Å². The van der Waals surface area contributed by atoms with Crippen LogP contribution < -0.4 is 5.48 Å². The number of hydrogen-bond acceptors (Lipinski definition) is 4. The Labute approximate surface area is 74.6 Å². The van der Waals surface area contributed by atoms with Crippen LogP contribution in [-0.4, -0.2) is 12.2 Å². The maximum absolute atomic E-state index is 5.87. The summed E-state index contributed by atoms with van der Waals surface area (Å²) in [6.07, 6.45) is 5.08. The fraction of sp³-hybridized carbons (Fsp3) is 0.143. The lowest BCUT2D eigenvalue weighted by molar-refractivity contribution is -0.116. The van der Waals surface area contributed by atoms with E-state index in [4.69, 9.17) is 21.3 Å². The second kappa shape index (κ2) is 2.73. The van der Waals surface area contributed by atoms with Gasteiger partial charge in [-0.1, -0.05) is 11.6 Å². The molecule has 2 aliphatic heterocycles. The maximum atomic E-state index is 5.87. The van der Waals surface area contributed by atoms with Gasteiger partial charge in [0.05, 0.1) is 18.3 Å². The van der Waals surface area contributed by atoms with Crippen molar-refractivity contribution in [3.63, 3.8) is 0 Å². The summed E-state index contributed by atoms with van der Waals surface area (Å²) in [5, 5.41) is 2.09. The molecule has 0 aromatic heterocycles. The molecule has 2 rings (SSSR count). The van der Waals surface area contributed by atoms with E-state index >= 15 is 0 Å². The lowest BCUT2D eigenvalue weighted by atomic mass is 10.3. The average Bonchev–Trinajstić information content (AvgIpc) is 2.52. The smallest absolute Gasteiger partial charge is 0.165 e. The maximum Gasteiger partial charge on any atom is 0.165 e. The Morgan fingerprint density at radius 2 is 2.50 bits per heavy atom. The van der Waals surface area contributed by atoms with E-state index < -0.39 is 0 Å². The number of methoxy groups -OCH3 is 1. The number of rotatable bonds is 1. The van der Waals surface area contributed by atoms with E-state index in [1.54, 1.807) is 25.6 Å². The van der Waals surface area contributed by atoms with Gasteiger partial charge in [0.1, 0.15) is 5.70 Å². The molecule has 4 nitrogen and oxygen atoms in total. The van der Waals surface area contributed by atoms with Crippen LogP contribution in [0.1, 0.15) is 0 Å². The summed E-state index contributed by atoms with van der Waals surface area (Å²) in [5.74, 6) is 0.601. The fourth-order valence-corrected chi connectivity index (χ4v) is 1.29. The van der Waals surface area contributed by atoms with Gasteiger partial charge in [-0.25, -0.2) is 5.48 Å². The van der Waals surface area contributed by atoms with E-state index in [9.17, 15) is 0 Å². The summed E-state index contributed by atoms with van der Waals surface area (Å²) in [6.45, 7) is 0. The largest absolute Gasteiger partial charge is 0.493 e. The molecule has 0 saturated carbocycles. The molecule has 0 amide bonds. The van der Waals surface area contributed by atoms with Crippen LogP contribution in [0.25, 0.3) is 0 Å². The zero-order valence-corrected chi connectivity index (χ0v) is 7.13. The van der Waals surface area contributed by atoms with Crippen LogP contribution in [0.4, 0.5) is 0 Å². The predicted octanol–water partition coefficient (Wildman–Crippen LogP) is 1.20. The van der Waals surface area contributed by atoms with E-state index in [1.165, 1.54) is 5.06 Å². The zero-order chi connectivity index (χ0) is 8.55. The number of nitrogens with zero attached hydrogens (tertiary/aromatic N) is 1. The molecule has 0 atom stereocenters. The van der Waals surface area contributed by atoms with Gasteiger partial charge in [-0.15, -0.1) is 0 Å². The van der Waals surface area contributed by atoms with Gasteiger partial charge in [0.25, 0.3) is 0 Å². The molecular weight excluding hydrogens is 180 g/mol. The Kier molecular flexibility index (Phi) is 1.71. The highest BCUT2D eigenvalue weighted by molar-refractivity contribution is 6.31. The average molecular weight is 187 g/mol. The Morgan fingerprint density at radius 1 is 1.67 bits per heavy atom. The Hall–Kier alpha value is -1.13. The summed E-state index contributed by atoms with van der Waals surface area (Å²) in [6, 6.07) is 0. The monoisotopic (exact) mass is 186 g/mol. The molecule has 0 radical (unpaired) electrons. The normalized spacial score (nSPS) is 20.5. The molecule has 0 fully saturated rings. The van der Waals surface area contributed by atoms with Crippen molar-refractivity contribution in [1.29, 1.82) is 0 Å². The first kappa shape index (κ1) is 7.52. The Bertz CT molecular complexity index is 296. The van der Waals surface area contributed by atoms with E-state index in [2.05, 4.69) is 5.48 Å². The van der Waals surface area contributed by atoms with Gasteiger partial charge in [-0.3, -0.25) is 0 Å². The zero-order valence-electron chi connectivity index (χ0n) is 6.37. The summed E-state index contributed by atoms with van der Waals surface area (Å²) >= 11 is 5.87. The number of halogens is 1. The molecule has 5 heteroatoms. The standard InChI is InChI=1S/C7H7ClN2O2/c1-11-7-5(8)2-3-10-6(7)4-9-12-10/h2-4,9H,1H3. The third-order valence-electron chi connectivity index (χ3n) is 1.59. The van der Waals surface area contributed by atoms with Crippen LogP contribution in [0.3, 0.4) is 0 Å². The minimum atomic E-state index is 0.562. The van der Waals surface area contributed by atoms with Gasteiger partial charge in [0.2, 0.25) is 0 Å². The van der Waals surface area contributed by atoms with Crippen LogP contribution in [0, 0.1) is 0 Å². The van der Waals surface area contributed by atoms with Crippen molar-refractivity contribution in [2.24, 2.45) is 0 Å². The molecule has 0 aliphatic carbocycles. The highest BCUT2D eigenvalue weighted by atomic mass is 35.5. The first-order valence-corrected chi connectivity index (χ1v) is 3.75. The first-order valence-electron chi connectivity index (χ1n) is 3.37. The molecule has 0 spiro atoms. The highest BCUT2D eigenvalue weighted by Crippen LogP contribution is 2.29. The predicted molar refractivity (Wildman–Crippen MR) is 43.2 cm³/mol. The number of nitrogens with one attached hydrogen (secondary N) is 1. The molecular formula is C7H7ClN2O2. The van der Waals surface area contributed by atoms with Crippen LogP contribution in [0.5, 0.6) is 0 Å². The summed E-state index contributed by atoms with van der Waals surface area (Å²) in [4.78, 5) is 4.97. The fourth-order valence-electron chi connectivity index (χ4n) is 1.06. The molecule has 0 aromatic rings. The summed E-state index contributed by atoms with van der Waals surface area (Å²) < 4.78 is 5.08. The van der Waals surface area contributed by atoms with Crippen LogP contribution in [0.2, 0.25) is 0 Å². The van der Waals surface area contributed by atoms with Gasteiger partial charge in [0.15, 0.2) is 5.76 Å². The molecule has 2 heterocycles. The summed E-state index contributed by atoms with van der Waals surface area (Å²) in [7, 11) is 1.56. The molecule has 12 heavy (non-hydrogen) atoms. The number of allylic oxidation sites excluding steroid dienone is 2. The van der Waals surface area contributed by atoms with E-state index in [1.807, 2.05) is 0 Å². The second-order valence-corrected chi connectivity index (χ2v) is 2.67. The van der Waals surface area contributed by atoms with Crippen molar-refractivity contribution in [2.45, 2.75) is 0 Å². The SMILES string of the molecule is COC1=C(Cl)C=CN2ONC=C12. The third-order valence-corrected chi connectivity index (χ3v) is 1.89. The number of ether oxygens (including phenoxy) is 1. The Morgan fingerprint density at radius 3 is 3.25 bits per heavy atom. The number of fused-ring (bicyclic) bond motifs is 1. The highest BCUT2D eigenvalue weighted by Gasteiger charge is 2.24. The van der Waals surface area contributed by atoms with Crippen molar-refractivity contribution in [1.82, 2.24) is 10.5 Å². The van der Waals surface area contributed by atoms with E-state index in [-0.39, 0.29) is 0 Å². The van der Waals surface area contributed by atoms with Gasteiger partial charge < -0.3 is 4.74 Å². The van der Waals surface area contributed by atoms with Gasteiger partial charge >= 0.3 is 0 Å². The molecule has 0 unspecified atom stereocenters. The second-order valence-electron chi connectivity index (χ2n) is 2.26. The number of hydrogen-bond donors (Lipinski definition) is 1. The topological polar surface area (TPSA) is 33.7 Å². The lowest BCUT2D eigenvalue weighted by Gasteiger charge is -2.19. The molecule has 2 aliphatic rings. The van der Waals surface area contributed by atoms with Gasteiger partial charge in [-0.2, -0.15) is 10.0 Å². The minimum absolute atomic E-state index is 0.562. The van der Waals surface area contributed by atoms with Crippen LogP contribution >= 0.6 is 11.6 Å². The Balaban J connectivity index is 2.40. The molecule has 0 saturated heterocycles. The van der Waals surface area contributed by atoms with Crippen molar-refractivity contribution in [2.75, 3.05) is 7.11 Å². The van der Waals surface area contributed by atoms with Crippen molar-refractivity contribution >= 4 is 11.6 Å². The molecule has 64 valence electrons. The van der Waals surface area contributed by atoms with Gasteiger partial charge in [-0.05, 0) is 6.08 Å². The quantitative estimate of drug-likeness (QED) is 0.668. The third kappa shape index (κ3) is 0.964. The molecule has 1 N–H and O–H groups in total. The van der Waals surface area contributed by atoms with Gasteiger partial charge in [0, 0.05) is 6.20 Å². The first-order chi connectivity index (χ1) is 5.83. The van der Waals surface area contributed by atoms with Crippen molar-refractivity contribution in [3.05, 3.63) is 35.0 Å². The minimum Gasteiger partial charge on any atom is -0.493 e. The molecule has 0 aromatic carbocycles. The van der Waals surface area contributed by atoms with Crippen LogP contribution in [0.15, 0.2) is 35.0 Å². The molecule has 0 bridgehead atoms. The summed E-state index contributed by atoms with van der Waals surface area (Å²) in [5.41, 5.74) is 3.36. The van der Waals surface area contributed by atoms with Crippen molar-refractivity contribution < 1.29 is 9.68 Å². The van der Waals surface area contributed by atoms with E-state index in [0.29, 0.717) is 10.8 Å². The number of hydroxylamine groups is 3. The van der Waals surface area contributed by atoms with E-state index in [0.717, 1.165) is 5.70 Å². The lowest BCUT2D eigenvalue weighted by Crippen LogP contribution is -2.18.